The van der Waals surface area contributed by atoms with Crippen LogP contribution in [0, 0.1) is 5.82 Å². The van der Waals surface area contributed by atoms with Crippen LogP contribution in [0.2, 0.25) is 0 Å². The summed E-state index contributed by atoms with van der Waals surface area (Å²) in [5.41, 5.74) is 0.548. The van der Waals surface area contributed by atoms with Gasteiger partial charge in [-0.25, -0.2) is 22.5 Å². The monoisotopic (exact) mass is 283 g/mol. The third-order valence-electron chi connectivity index (χ3n) is 2.91. The Labute approximate surface area is 111 Å². The SMILES string of the molecule is CCC(c1ccc(F)cc1)S(=O)(=O)c1ncnn1C. The van der Waals surface area contributed by atoms with E-state index in [0.29, 0.717) is 12.0 Å². The van der Waals surface area contributed by atoms with Crippen LogP contribution in [0.1, 0.15) is 24.2 Å². The predicted molar refractivity (Wildman–Crippen MR) is 67.6 cm³/mol. The Balaban J connectivity index is 2.48. The van der Waals surface area contributed by atoms with E-state index < -0.39 is 20.9 Å². The fourth-order valence-electron chi connectivity index (χ4n) is 1.98. The Morgan fingerprint density at radius 3 is 2.42 bits per heavy atom. The van der Waals surface area contributed by atoms with Crippen LogP contribution in [0.4, 0.5) is 4.39 Å². The highest BCUT2D eigenvalue weighted by molar-refractivity contribution is 7.91. The summed E-state index contributed by atoms with van der Waals surface area (Å²) in [6.45, 7) is 1.77. The van der Waals surface area contributed by atoms with Crippen molar-refractivity contribution in [1.82, 2.24) is 14.8 Å². The number of sulfone groups is 1. The van der Waals surface area contributed by atoms with Gasteiger partial charge in [-0.2, -0.15) is 5.10 Å². The second-order valence-electron chi connectivity index (χ2n) is 4.16. The lowest BCUT2D eigenvalue weighted by Crippen LogP contribution is -2.17. The third kappa shape index (κ3) is 2.51. The first kappa shape index (κ1) is 13.7. The van der Waals surface area contributed by atoms with Crippen LogP contribution in [0.3, 0.4) is 0 Å². The minimum absolute atomic E-state index is 0.0799. The van der Waals surface area contributed by atoms with Crippen LogP contribution in [-0.2, 0) is 16.9 Å². The number of rotatable bonds is 4. The van der Waals surface area contributed by atoms with E-state index in [0.717, 1.165) is 0 Å². The Morgan fingerprint density at radius 1 is 1.32 bits per heavy atom. The number of halogens is 1. The molecule has 0 N–H and O–H groups in total. The lowest BCUT2D eigenvalue weighted by Gasteiger charge is -2.15. The molecule has 0 bridgehead atoms. The summed E-state index contributed by atoms with van der Waals surface area (Å²) in [4.78, 5) is 3.79. The van der Waals surface area contributed by atoms with Crippen LogP contribution in [0.5, 0.6) is 0 Å². The molecule has 0 fully saturated rings. The highest BCUT2D eigenvalue weighted by atomic mass is 32.2. The summed E-state index contributed by atoms with van der Waals surface area (Å²) in [6, 6.07) is 5.48. The summed E-state index contributed by atoms with van der Waals surface area (Å²) in [7, 11) is -2.11. The average Bonchev–Trinajstić information content (AvgIpc) is 2.79. The molecule has 0 radical (unpaired) electrons. The first-order chi connectivity index (χ1) is 8.96. The van der Waals surface area contributed by atoms with Gasteiger partial charge in [0.25, 0.3) is 0 Å². The van der Waals surface area contributed by atoms with Crippen molar-refractivity contribution in [1.29, 1.82) is 0 Å². The molecule has 0 saturated heterocycles. The molecule has 1 heterocycles. The summed E-state index contributed by atoms with van der Waals surface area (Å²) in [5, 5.41) is 2.94. The van der Waals surface area contributed by atoms with E-state index in [1.165, 1.54) is 42.3 Å². The summed E-state index contributed by atoms with van der Waals surface area (Å²) in [5.74, 6) is -0.394. The molecule has 0 aliphatic carbocycles. The van der Waals surface area contributed by atoms with Crippen LogP contribution < -0.4 is 0 Å². The number of aryl methyl sites for hydroxylation is 1. The normalized spacial score (nSPS) is 13.4. The van der Waals surface area contributed by atoms with Gasteiger partial charge in [0.15, 0.2) is 0 Å². The van der Waals surface area contributed by atoms with Crippen molar-refractivity contribution in [2.45, 2.75) is 23.8 Å². The quantitative estimate of drug-likeness (QED) is 0.859. The zero-order valence-electron chi connectivity index (χ0n) is 10.6. The van der Waals surface area contributed by atoms with Gasteiger partial charge >= 0.3 is 0 Å². The van der Waals surface area contributed by atoms with Crippen molar-refractivity contribution in [3.05, 3.63) is 42.0 Å². The molecule has 1 atom stereocenters. The first-order valence-corrected chi connectivity index (χ1v) is 7.34. The minimum Gasteiger partial charge on any atom is -0.240 e. The van der Waals surface area contributed by atoms with E-state index >= 15 is 0 Å². The van der Waals surface area contributed by atoms with E-state index in [1.54, 1.807) is 6.92 Å². The maximum Gasteiger partial charge on any atom is 0.245 e. The fraction of sp³-hybridized carbons (Fsp3) is 0.333. The van der Waals surface area contributed by atoms with E-state index in [2.05, 4.69) is 10.1 Å². The molecule has 1 aromatic heterocycles. The van der Waals surface area contributed by atoms with Crippen molar-refractivity contribution in [3.8, 4) is 0 Å². The lowest BCUT2D eigenvalue weighted by molar-refractivity contribution is 0.553. The molecule has 0 aliphatic rings. The number of hydrogen-bond donors (Lipinski definition) is 0. The maximum atomic E-state index is 12.9. The molecule has 2 rings (SSSR count). The Kier molecular flexibility index (Phi) is 3.66. The fourth-order valence-corrected chi connectivity index (χ4v) is 3.80. The summed E-state index contributed by atoms with van der Waals surface area (Å²) in [6.07, 6.45) is 1.57. The van der Waals surface area contributed by atoms with Gasteiger partial charge in [0, 0.05) is 7.05 Å². The Bertz CT molecular complexity index is 665. The highest BCUT2D eigenvalue weighted by Gasteiger charge is 2.31. The van der Waals surface area contributed by atoms with Gasteiger partial charge in [0.05, 0.1) is 5.25 Å². The van der Waals surface area contributed by atoms with Gasteiger partial charge in [0.1, 0.15) is 12.1 Å². The van der Waals surface area contributed by atoms with E-state index in [-0.39, 0.29) is 5.16 Å². The molecular formula is C12H14FN3O2S. The van der Waals surface area contributed by atoms with Gasteiger partial charge in [-0.1, -0.05) is 19.1 Å². The van der Waals surface area contributed by atoms with Gasteiger partial charge in [-0.05, 0) is 24.1 Å². The van der Waals surface area contributed by atoms with Gasteiger partial charge in [-0.15, -0.1) is 0 Å². The van der Waals surface area contributed by atoms with E-state index in [1.807, 2.05) is 0 Å². The van der Waals surface area contributed by atoms with Crippen molar-refractivity contribution in [2.75, 3.05) is 0 Å². The number of nitrogens with zero attached hydrogens (tertiary/aromatic N) is 3. The zero-order chi connectivity index (χ0) is 14.0. The molecule has 5 nitrogen and oxygen atoms in total. The molecule has 2 aromatic rings. The summed E-state index contributed by atoms with van der Waals surface area (Å²) >= 11 is 0. The lowest BCUT2D eigenvalue weighted by atomic mass is 10.1. The molecule has 7 heteroatoms. The standard InChI is InChI=1S/C12H14FN3O2S/c1-3-11(9-4-6-10(13)7-5-9)19(17,18)12-14-8-15-16(12)2/h4-8,11H,3H2,1-2H3. The first-order valence-electron chi connectivity index (χ1n) is 5.80. The Morgan fingerprint density at radius 2 is 1.95 bits per heavy atom. The van der Waals surface area contributed by atoms with Crippen molar-refractivity contribution < 1.29 is 12.8 Å². The van der Waals surface area contributed by atoms with Gasteiger partial charge in [-0.3, -0.25) is 0 Å². The second kappa shape index (κ2) is 5.08. The Hall–Kier alpha value is -1.76. The highest BCUT2D eigenvalue weighted by Crippen LogP contribution is 2.30. The number of aromatic nitrogens is 3. The predicted octanol–water partition coefficient (Wildman–Crippen LogP) is 1.88. The zero-order valence-corrected chi connectivity index (χ0v) is 11.4. The molecule has 1 aromatic carbocycles. The van der Waals surface area contributed by atoms with E-state index in [4.69, 9.17) is 0 Å². The molecular weight excluding hydrogens is 269 g/mol. The second-order valence-corrected chi connectivity index (χ2v) is 6.18. The van der Waals surface area contributed by atoms with Crippen LogP contribution in [0.25, 0.3) is 0 Å². The van der Waals surface area contributed by atoms with Crippen LogP contribution in [0.15, 0.2) is 35.7 Å². The van der Waals surface area contributed by atoms with Crippen LogP contribution >= 0.6 is 0 Å². The smallest absolute Gasteiger partial charge is 0.240 e. The molecule has 0 spiro atoms. The largest absolute Gasteiger partial charge is 0.245 e. The maximum absolute atomic E-state index is 12.9. The molecule has 0 aliphatic heterocycles. The third-order valence-corrected chi connectivity index (χ3v) is 5.14. The summed E-state index contributed by atoms with van der Waals surface area (Å²) < 4.78 is 39.2. The van der Waals surface area contributed by atoms with Gasteiger partial charge in [0.2, 0.25) is 15.0 Å². The van der Waals surface area contributed by atoms with Gasteiger partial charge < -0.3 is 0 Å². The number of hydrogen-bond acceptors (Lipinski definition) is 4. The average molecular weight is 283 g/mol. The molecule has 0 saturated carbocycles. The van der Waals surface area contributed by atoms with Crippen molar-refractivity contribution in [3.63, 3.8) is 0 Å². The van der Waals surface area contributed by atoms with Crippen molar-refractivity contribution >= 4 is 9.84 Å². The molecule has 102 valence electrons. The molecule has 19 heavy (non-hydrogen) atoms. The topological polar surface area (TPSA) is 64.8 Å². The van der Waals surface area contributed by atoms with E-state index in [9.17, 15) is 12.8 Å². The van der Waals surface area contributed by atoms with Crippen LogP contribution in [-0.4, -0.2) is 23.2 Å². The minimum atomic E-state index is -3.64. The number of benzene rings is 1. The molecule has 1 unspecified atom stereocenters. The van der Waals surface area contributed by atoms with Crippen molar-refractivity contribution in [2.24, 2.45) is 7.05 Å². The molecule has 0 amide bonds.